The van der Waals surface area contributed by atoms with Gasteiger partial charge in [0.25, 0.3) is 0 Å². The van der Waals surface area contributed by atoms with Crippen molar-refractivity contribution < 1.29 is 4.79 Å². The van der Waals surface area contributed by atoms with E-state index in [4.69, 9.17) is 0 Å². The van der Waals surface area contributed by atoms with Gasteiger partial charge in [0.2, 0.25) is 6.41 Å². The summed E-state index contributed by atoms with van der Waals surface area (Å²) in [5.41, 5.74) is 1.38. The van der Waals surface area contributed by atoms with Crippen molar-refractivity contribution in [3.8, 4) is 0 Å². The van der Waals surface area contributed by atoms with Gasteiger partial charge < -0.3 is 4.90 Å². The summed E-state index contributed by atoms with van der Waals surface area (Å²) in [4.78, 5) is 15.5. The van der Waals surface area contributed by atoms with E-state index >= 15 is 0 Å². The number of hydrogen-bond acceptors (Lipinski definition) is 2. The van der Waals surface area contributed by atoms with Crippen molar-refractivity contribution in [1.29, 1.82) is 0 Å². The third-order valence-electron chi connectivity index (χ3n) is 4.32. The topological polar surface area (TPSA) is 23.6 Å². The summed E-state index contributed by atoms with van der Waals surface area (Å²) in [5.74, 6) is 0. The molecular weight excluding hydrogens is 224 g/mol. The molecule has 0 spiro atoms. The Morgan fingerprint density at radius 3 is 2.67 bits per heavy atom. The number of fused-ring (bicyclic) bond motifs is 2. The lowest BCUT2D eigenvalue weighted by molar-refractivity contribution is -0.118. The number of hydrogen-bond donors (Lipinski definition) is 0. The van der Waals surface area contributed by atoms with Crippen LogP contribution in [-0.2, 0) is 11.3 Å². The Bertz CT molecular complexity index is 406. The Kier molecular flexibility index (Phi) is 3.33. The molecule has 96 valence electrons. The maximum Gasteiger partial charge on any atom is 0.209 e. The first kappa shape index (κ1) is 11.7. The van der Waals surface area contributed by atoms with E-state index in [0.29, 0.717) is 12.1 Å². The van der Waals surface area contributed by atoms with Crippen molar-refractivity contribution in [2.24, 2.45) is 0 Å². The number of benzene rings is 1. The van der Waals surface area contributed by atoms with Gasteiger partial charge in [0.1, 0.15) is 0 Å². The number of carbonyl (C=O) groups excluding carboxylic acids is 1. The lowest BCUT2D eigenvalue weighted by atomic mass is 10.1. The first-order chi connectivity index (χ1) is 8.86. The van der Waals surface area contributed by atoms with Crippen LogP contribution in [0.4, 0.5) is 0 Å². The SMILES string of the molecule is O=CN1CCC2CCC(C1)N2Cc1ccccc1. The van der Waals surface area contributed by atoms with Crippen LogP contribution in [0.1, 0.15) is 24.8 Å². The van der Waals surface area contributed by atoms with Gasteiger partial charge in [-0.1, -0.05) is 30.3 Å². The van der Waals surface area contributed by atoms with E-state index in [1.54, 1.807) is 0 Å². The summed E-state index contributed by atoms with van der Waals surface area (Å²) in [6.45, 7) is 2.87. The van der Waals surface area contributed by atoms with Gasteiger partial charge in [-0.25, -0.2) is 0 Å². The van der Waals surface area contributed by atoms with E-state index in [0.717, 1.165) is 32.5 Å². The number of nitrogens with zero attached hydrogens (tertiary/aromatic N) is 2. The van der Waals surface area contributed by atoms with E-state index in [-0.39, 0.29) is 0 Å². The van der Waals surface area contributed by atoms with Crippen molar-refractivity contribution >= 4 is 6.41 Å². The van der Waals surface area contributed by atoms with Crippen molar-refractivity contribution in [3.63, 3.8) is 0 Å². The Hall–Kier alpha value is -1.35. The highest BCUT2D eigenvalue weighted by atomic mass is 16.1. The normalized spacial score (nSPS) is 28.1. The highest BCUT2D eigenvalue weighted by Gasteiger charge is 2.36. The van der Waals surface area contributed by atoms with Crippen LogP contribution in [0.25, 0.3) is 0 Å². The summed E-state index contributed by atoms with van der Waals surface area (Å²) < 4.78 is 0. The van der Waals surface area contributed by atoms with Gasteiger partial charge in [0.05, 0.1) is 0 Å². The fraction of sp³-hybridized carbons (Fsp3) is 0.533. The molecule has 18 heavy (non-hydrogen) atoms. The molecule has 3 rings (SSSR count). The van der Waals surface area contributed by atoms with Crippen LogP contribution in [0, 0.1) is 0 Å². The molecule has 2 unspecified atom stereocenters. The molecule has 1 aromatic carbocycles. The molecule has 2 saturated heterocycles. The zero-order valence-corrected chi connectivity index (χ0v) is 10.7. The van der Waals surface area contributed by atoms with Crippen LogP contribution in [0.3, 0.4) is 0 Å². The molecule has 2 atom stereocenters. The van der Waals surface area contributed by atoms with E-state index in [1.807, 2.05) is 4.90 Å². The Morgan fingerprint density at radius 1 is 1.11 bits per heavy atom. The van der Waals surface area contributed by atoms with E-state index in [2.05, 4.69) is 35.2 Å². The fourth-order valence-corrected chi connectivity index (χ4v) is 3.35. The largest absolute Gasteiger partial charge is 0.344 e. The van der Waals surface area contributed by atoms with E-state index < -0.39 is 0 Å². The monoisotopic (exact) mass is 244 g/mol. The lowest BCUT2D eigenvalue weighted by Gasteiger charge is -2.28. The predicted octanol–water partition coefficient (Wildman–Crippen LogP) is 1.88. The Labute approximate surface area is 108 Å². The zero-order chi connectivity index (χ0) is 12.4. The van der Waals surface area contributed by atoms with E-state index in [1.165, 1.54) is 18.4 Å². The lowest BCUT2D eigenvalue weighted by Crippen LogP contribution is -2.38. The molecule has 0 radical (unpaired) electrons. The molecule has 3 heteroatoms. The van der Waals surface area contributed by atoms with Gasteiger partial charge in [0.15, 0.2) is 0 Å². The van der Waals surface area contributed by atoms with Gasteiger partial charge in [-0.2, -0.15) is 0 Å². The van der Waals surface area contributed by atoms with Crippen LogP contribution in [0.5, 0.6) is 0 Å². The van der Waals surface area contributed by atoms with Crippen LogP contribution in [0.15, 0.2) is 30.3 Å². The fourth-order valence-electron chi connectivity index (χ4n) is 3.35. The second-order valence-corrected chi connectivity index (χ2v) is 5.43. The minimum Gasteiger partial charge on any atom is -0.344 e. The number of amides is 1. The van der Waals surface area contributed by atoms with Crippen molar-refractivity contribution in [3.05, 3.63) is 35.9 Å². The van der Waals surface area contributed by atoms with Gasteiger partial charge in [-0.15, -0.1) is 0 Å². The average Bonchev–Trinajstić information content (AvgIpc) is 2.66. The number of carbonyl (C=O) groups is 1. The van der Waals surface area contributed by atoms with Crippen molar-refractivity contribution in [1.82, 2.24) is 9.80 Å². The highest BCUT2D eigenvalue weighted by molar-refractivity contribution is 5.47. The molecule has 2 bridgehead atoms. The molecule has 1 aromatic rings. The maximum atomic E-state index is 11.0. The molecule has 0 N–H and O–H groups in total. The summed E-state index contributed by atoms with van der Waals surface area (Å²) in [7, 11) is 0. The van der Waals surface area contributed by atoms with Crippen LogP contribution >= 0.6 is 0 Å². The quantitative estimate of drug-likeness (QED) is 0.758. The molecule has 2 aliphatic heterocycles. The zero-order valence-electron chi connectivity index (χ0n) is 10.7. The van der Waals surface area contributed by atoms with Gasteiger partial charge in [-0.05, 0) is 24.8 Å². The minimum absolute atomic E-state index is 0.558. The summed E-state index contributed by atoms with van der Waals surface area (Å²) >= 11 is 0. The van der Waals surface area contributed by atoms with Crippen LogP contribution in [0.2, 0.25) is 0 Å². The average molecular weight is 244 g/mol. The molecule has 3 nitrogen and oxygen atoms in total. The molecule has 1 amide bonds. The summed E-state index contributed by atoms with van der Waals surface area (Å²) in [5, 5.41) is 0. The second kappa shape index (κ2) is 5.11. The minimum atomic E-state index is 0.558. The first-order valence-electron chi connectivity index (χ1n) is 6.86. The molecular formula is C15H20N2O. The maximum absolute atomic E-state index is 11.0. The Morgan fingerprint density at radius 2 is 1.89 bits per heavy atom. The van der Waals surface area contributed by atoms with Crippen molar-refractivity contribution in [2.75, 3.05) is 13.1 Å². The summed E-state index contributed by atoms with van der Waals surface area (Å²) in [6.07, 6.45) is 4.68. The highest BCUT2D eigenvalue weighted by Crippen LogP contribution is 2.31. The van der Waals surface area contributed by atoms with Crippen molar-refractivity contribution in [2.45, 2.75) is 37.9 Å². The summed E-state index contributed by atoms with van der Waals surface area (Å²) in [6, 6.07) is 11.9. The third-order valence-corrected chi connectivity index (χ3v) is 4.32. The Balaban J connectivity index is 1.74. The first-order valence-corrected chi connectivity index (χ1v) is 6.86. The van der Waals surface area contributed by atoms with Gasteiger partial charge >= 0.3 is 0 Å². The van der Waals surface area contributed by atoms with Gasteiger partial charge in [0, 0.05) is 31.7 Å². The van der Waals surface area contributed by atoms with Gasteiger partial charge in [-0.3, -0.25) is 9.69 Å². The number of likely N-dealkylation sites (tertiary alicyclic amines) is 1. The third kappa shape index (κ3) is 2.27. The molecule has 2 heterocycles. The molecule has 0 aromatic heterocycles. The van der Waals surface area contributed by atoms with Crippen LogP contribution in [-0.4, -0.2) is 41.4 Å². The molecule has 0 saturated carbocycles. The van der Waals surface area contributed by atoms with E-state index in [9.17, 15) is 4.79 Å². The predicted molar refractivity (Wildman–Crippen MR) is 71.0 cm³/mol. The standard InChI is InChI=1S/C15H20N2O/c18-12-16-9-8-14-6-7-15(11-16)17(14)10-13-4-2-1-3-5-13/h1-5,12,14-15H,6-11H2. The molecule has 0 aliphatic carbocycles. The molecule has 2 fully saturated rings. The molecule has 2 aliphatic rings. The smallest absolute Gasteiger partial charge is 0.209 e. The van der Waals surface area contributed by atoms with Crippen LogP contribution < -0.4 is 0 Å². The second-order valence-electron chi connectivity index (χ2n) is 5.43. The number of rotatable bonds is 3.